The monoisotopic (exact) mass is 528 g/mol. The summed E-state index contributed by atoms with van der Waals surface area (Å²) in [5.41, 5.74) is 2.81. The van der Waals surface area contributed by atoms with Crippen molar-refractivity contribution in [3.63, 3.8) is 0 Å². The van der Waals surface area contributed by atoms with Gasteiger partial charge in [0.1, 0.15) is 17.3 Å². The number of aliphatic hydroxyl groups excluding tert-OH is 1. The second kappa shape index (κ2) is 10.7. The van der Waals surface area contributed by atoms with Gasteiger partial charge in [0.2, 0.25) is 0 Å². The van der Waals surface area contributed by atoms with E-state index in [9.17, 15) is 14.7 Å². The highest BCUT2D eigenvalue weighted by Crippen LogP contribution is 2.45. The molecule has 1 amide bonds. The van der Waals surface area contributed by atoms with Gasteiger partial charge in [-0.15, -0.1) is 0 Å². The lowest BCUT2D eigenvalue weighted by atomic mass is 9.95. The van der Waals surface area contributed by atoms with Crippen molar-refractivity contribution in [3.8, 4) is 11.5 Å². The van der Waals surface area contributed by atoms with Crippen LogP contribution >= 0.6 is 11.3 Å². The van der Waals surface area contributed by atoms with Crippen LogP contribution in [0.1, 0.15) is 42.5 Å². The van der Waals surface area contributed by atoms with Gasteiger partial charge in [0, 0.05) is 5.56 Å². The van der Waals surface area contributed by atoms with Crippen molar-refractivity contribution >= 4 is 44.1 Å². The van der Waals surface area contributed by atoms with Crippen molar-refractivity contribution in [2.75, 3.05) is 18.6 Å². The molecule has 0 spiro atoms. The molecule has 38 heavy (non-hydrogen) atoms. The molecule has 1 saturated heterocycles. The number of aromatic nitrogens is 1. The van der Waals surface area contributed by atoms with E-state index in [1.165, 1.54) is 16.2 Å². The molecule has 0 saturated carbocycles. The first-order valence-corrected chi connectivity index (χ1v) is 13.3. The number of amides is 1. The number of hydrogen-bond acceptors (Lipinski definition) is 7. The number of aryl methyl sites for hydroxylation is 1. The summed E-state index contributed by atoms with van der Waals surface area (Å²) in [5, 5.41) is 11.9. The molecule has 1 unspecified atom stereocenters. The van der Waals surface area contributed by atoms with Gasteiger partial charge < -0.3 is 14.6 Å². The molecule has 0 radical (unpaired) electrons. The molecule has 5 rings (SSSR count). The van der Waals surface area contributed by atoms with Crippen LogP contribution in [-0.2, 0) is 9.59 Å². The van der Waals surface area contributed by atoms with Gasteiger partial charge in [-0.2, -0.15) is 0 Å². The molecule has 4 aromatic rings. The van der Waals surface area contributed by atoms with E-state index in [1.54, 1.807) is 55.6 Å². The Morgan fingerprint density at radius 2 is 1.84 bits per heavy atom. The molecular weight excluding hydrogens is 500 g/mol. The quantitative estimate of drug-likeness (QED) is 0.123. The van der Waals surface area contributed by atoms with Crippen LogP contribution < -0.4 is 14.4 Å². The lowest BCUT2D eigenvalue weighted by Crippen LogP contribution is -2.29. The molecule has 1 aliphatic heterocycles. The molecule has 3 aromatic carbocycles. The maximum absolute atomic E-state index is 13.5. The number of unbranched alkanes of at least 4 members (excludes halogenated alkanes) is 1. The number of methoxy groups -OCH3 is 1. The summed E-state index contributed by atoms with van der Waals surface area (Å²) in [4.78, 5) is 33.1. The van der Waals surface area contributed by atoms with Crippen LogP contribution in [0, 0.1) is 6.92 Å². The van der Waals surface area contributed by atoms with Gasteiger partial charge in [-0.1, -0.05) is 55.0 Å². The van der Waals surface area contributed by atoms with E-state index in [0.29, 0.717) is 34.4 Å². The molecular formula is C30H28N2O5S. The van der Waals surface area contributed by atoms with Gasteiger partial charge in [-0.05, 0) is 60.9 Å². The summed E-state index contributed by atoms with van der Waals surface area (Å²) in [7, 11) is 1.55. The van der Waals surface area contributed by atoms with E-state index in [0.717, 1.165) is 28.6 Å². The summed E-state index contributed by atoms with van der Waals surface area (Å²) in [6, 6.07) is 19.0. The van der Waals surface area contributed by atoms with E-state index in [2.05, 4.69) is 11.9 Å². The Hall–Kier alpha value is -4.17. The first kappa shape index (κ1) is 25.5. The molecule has 7 nitrogen and oxygen atoms in total. The van der Waals surface area contributed by atoms with Crippen molar-refractivity contribution in [3.05, 3.63) is 89.0 Å². The normalized spacial score (nSPS) is 16.8. The van der Waals surface area contributed by atoms with Crippen molar-refractivity contribution in [1.29, 1.82) is 0 Å². The molecule has 194 valence electrons. The number of ether oxygens (including phenoxy) is 2. The first-order valence-electron chi connectivity index (χ1n) is 12.5. The summed E-state index contributed by atoms with van der Waals surface area (Å²) >= 11 is 1.33. The number of rotatable bonds is 8. The number of hydrogen-bond donors (Lipinski definition) is 1. The number of anilines is 1. The van der Waals surface area contributed by atoms with Crippen LogP contribution in [0.25, 0.3) is 16.0 Å². The Labute approximate surface area is 225 Å². The standard InChI is InChI=1S/C30H28N2O5S/c1-4-5-14-37-22-11-7-9-20(17-22)27(33)25-26(19-8-6-10-21(16-19)36-3)32(29(35)28(25)34)30-31-23-13-12-18(2)15-24(23)38-30/h6-13,15-17,26,33H,4-5,14H2,1-3H3. The van der Waals surface area contributed by atoms with Crippen LogP contribution in [0.15, 0.2) is 72.3 Å². The molecule has 0 aliphatic carbocycles. The van der Waals surface area contributed by atoms with Crippen LogP contribution in [-0.4, -0.2) is 35.5 Å². The number of fused-ring (bicyclic) bond motifs is 1. The molecule has 1 fully saturated rings. The Balaban J connectivity index is 1.66. The number of Topliss-reactive ketones (excluding diaryl/α,β-unsaturated/α-hetero) is 1. The minimum Gasteiger partial charge on any atom is -0.507 e. The predicted octanol–water partition coefficient (Wildman–Crippen LogP) is 6.42. The van der Waals surface area contributed by atoms with Gasteiger partial charge in [-0.25, -0.2) is 4.98 Å². The lowest BCUT2D eigenvalue weighted by molar-refractivity contribution is -0.132. The van der Waals surface area contributed by atoms with E-state index in [1.807, 2.05) is 25.1 Å². The maximum atomic E-state index is 13.5. The summed E-state index contributed by atoms with van der Waals surface area (Å²) in [6.07, 6.45) is 1.90. The van der Waals surface area contributed by atoms with E-state index >= 15 is 0 Å². The zero-order valence-corrected chi connectivity index (χ0v) is 22.2. The minimum absolute atomic E-state index is 0.00982. The van der Waals surface area contributed by atoms with Gasteiger partial charge >= 0.3 is 5.91 Å². The summed E-state index contributed by atoms with van der Waals surface area (Å²) in [5.74, 6) is -0.638. The van der Waals surface area contributed by atoms with Gasteiger partial charge in [0.25, 0.3) is 5.78 Å². The Kier molecular flexibility index (Phi) is 7.15. The zero-order valence-electron chi connectivity index (χ0n) is 21.4. The third-order valence-corrected chi connectivity index (χ3v) is 7.48. The molecule has 2 heterocycles. The number of carbonyl (C=O) groups is 2. The van der Waals surface area contributed by atoms with E-state index in [-0.39, 0.29) is 11.3 Å². The average Bonchev–Trinajstić information content (AvgIpc) is 3.46. The van der Waals surface area contributed by atoms with Crippen LogP contribution in [0.4, 0.5) is 5.13 Å². The number of carbonyl (C=O) groups excluding carboxylic acids is 2. The molecule has 1 aliphatic rings. The summed E-state index contributed by atoms with van der Waals surface area (Å²) in [6.45, 7) is 4.61. The van der Waals surface area contributed by atoms with Crippen LogP contribution in [0.3, 0.4) is 0 Å². The smallest absolute Gasteiger partial charge is 0.301 e. The lowest BCUT2D eigenvalue weighted by Gasteiger charge is -2.23. The molecule has 0 bridgehead atoms. The van der Waals surface area contributed by atoms with Crippen molar-refractivity contribution in [2.45, 2.75) is 32.7 Å². The number of ketones is 1. The first-order chi connectivity index (χ1) is 18.4. The van der Waals surface area contributed by atoms with Crippen LogP contribution in [0.2, 0.25) is 0 Å². The number of aliphatic hydroxyl groups is 1. The fraction of sp³-hybridized carbons (Fsp3) is 0.233. The topological polar surface area (TPSA) is 89.0 Å². The molecule has 1 aromatic heterocycles. The highest BCUT2D eigenvalue weighted by Gasteiger charge is 2.48. The molecule has 1 atom stereocenters. The highest BCUT2D eigenvalue weighted by atomic mass is 32.1. The molecule has 1 N–H and O–H groups in total. The Morgan fingerprint density at radius 3 is 2.63 bits per heavy atom. The number of benzene rings is 3. The van der Waals surface area contributed by atoms with Crippen molar-refractivity contribution in [2.24, 2.45) is 0 Å². The maximum Gasteiger partial charge on any atom is 0.301 e. The fourth-order valence-electron chi connectivity index (χ4n) is 4.50. The zero-order chi connectivity index (χ0) is 26.8. The largest absolute Gasteiger partial charge is 0.507 e. The third kappa shape index (κ3) is 4.75. The SMILES string of the molecule is CCCCOc1cccc(C(O)=C2C(=O)C(=O)N(c3nc4ccc(C)cc4s3)C2c2cccc(OC)c2)c1. The third-order valence-electron chi connectivity index (χ3n) is 6.47. The second-order valence-corrected chi connectivity index (χ2v) is 10.2. The highest BCUT2D eigenvalue weighted by molar-refractivity contribution is 7.22. The van der Waals surface area contributed by atoms with Gasteiger partial charge in [0.05, 0.1) is 35.5 Å². The predicted molar refractivity (Wildman–Crippen MR) is 149 cm³/mol. The second-order valence-electron chi connectivity index (χ2n) is 9.14. The van der Waals surface area contributed by atoms with Gasteiger partial charge in [0.15, 0.2) is 5.13 Å². The fourth-order valence-corrected chi connectivity index (χ4v) is 5.59. The summed E-state index contributed by atoms with van der Waals surface area (Å²) < 4.78 is 12.1. The van der Waals surface area contributed by atoms with Crippen molar-refractivity contribution < 1.29 is 24.2 Å². The average molecular weight is 529 g/mol. The molecule has 8 heteroatoms. The Bertz CT molecular complexity index is 1560. The van der Waals surface area contributed by atoms with Gasteiger partial charge in [-0.3, -0.25) is 14.5 Å². The van der Waals surface area contributed by atoms with Crippen LogP contribution in [0.5, 0.6) is 11.5 Å². The number of nitrogens with zero attached hydrogens (tertiary/aromatic N) is 2. The minimum atomic E-state index is -0.892. The van der Waals surface area contributed by atoms with E-state index < -0.39 is 17.7 Å². The Morgan fingerprint density at radius 1 is 1.05 bits per heavy atom. The van der Waals surface area contributed by atoms with E-state index in [4.69, 9.17) is 9.47 Å². The number of thiazole rings is 1. The van der Waals surface area contributed by atoms with Crippen molar-refractivity contribution in [1.82, 2.24) is 4.98 Å².